The lowest BCUT2D eigenvalue weighted by molar-refractivity contribution is 0.105. The van der Waals surface area contributed by atoms with E-state index in [1.165, 1.54) is 13.2 Å². The third-order valence-corrected chi connectivity index (χ3v) is 3.04. The molecule has 0 unspecified atom stereocenters. The van der Waals surface area contributed by atoms with E-state index >= 15 is 0 Å². The molecule has 0 aliphatic carbocycles. The van der Waals surface area contributed by atoms with E-state index in [9.17, 15) is 4.39 Å². The molecule has 0 bridgehead atoms. The third kappa shape index (κ3) is 3.79. The highest BCUT2D eigenvalue weighted by atomic mass is 19.1. The molecule has 0 heterocycles. The average Bonchev–Trinajstić information content (AvgIpc) is 2.49. The standard InChI is InChI=1S/C16H17FN2O2/c1-20-15-7-6-11(8-13(15)16(18)19)9-21-10-12-4-2-3-5-14(12)17/h2-8H,9-10H2,1H3,(H3,18,19). The number of benzene rings is 2. The van der Waals surface area contributed by atoms with Gasteiger partial charge in [-0.2, -0.15) is 0 Å². The molecular weight excluding hydrogens is 271 g/mol. The molecule has 110 valence electrons. The summed E-state index contributed by atoms with van der Waals surface area (Å²) in [6.07, 6.45) is 0. The van der Waals surface area contributed by atoms with Crippen LogP contribution in [0.3, 0.4) is 0 Å². The summed E-state index contributed by atoms with van der Waals surface area (Å²) in [6, 6.07) is 11.8. The average molecular weight is 288 g/mol. The second-order valence-electron chi connectivity index (χ2n) is 4.53. The van der Waals surface area contributed by atoms with Crippen molar-refractivity contribution in [1.82, 2.24) is 0 Å². The van der Waals surface area contributed by atoms with Crippen molar-refractivity contribution < 1.29 is 13.9 Å². The highest BCUT2D eigenvalue weighted by molar-refractivity contribution is 5.97. The molecular formula is C16H17FN2O2. The van der Waals surface area contributed by atoms with Crippen molar-refractivity contribution in [3.8, 4) is 5.75 Å². The molecule has 0 amide bonds. The first-order valence-corrected chi connectivity index (χ1v) is 6.44. The van der Waals surface area contributed by atoms with Crippen molar-refractivity contribution in [2.24, 2.45) is 5.73 Å². The van der Waals surface area contributed by atoms with Crippen molar-refractivity contribution in [1.29, 1.82) is 5.41 Å². The van der Waals surface area contributed by atoms with Gasteiger partial charge in [0.25, 0.3) is 0 Å². The van der Waals surface area contributed by atoms with Crippen LogP contribution in [-0.4, -0.2) is 12.9 Å². The van der Waals surface area contributed by atoms with Gasteiger partial charge in [0.2, 0.25) is 0 Å². The predicted molar refractivity (Wildman–Crippen MR) is 78.9 cm³/mol. The van der Waals surface area contributed by atoms with Gasteiger partial charge in [-0.1, -0.05) is 24.3 Å². The minimum Gasteiger partial charge on any atom is -0.496 e. The zero-order valence-electron chi connectivity index (χ0n) is 11.7. The molecule has 0 aliphatic heterocycles. The first-order chi connectivity index (χ1) is 10.1. The summed E-state index contributed by atoms with van der Waals surface area (Å²) in [5, 5.41) is 7.52. The molecule has 0 saturated heterocycles. The smallest absolute Gasteiger partial charge is 0.129 e. The summed E-state index contributed by atoms with van der Waals surface area (Å²) in [5.74, 6) is 0.194. The summed E-state index contributed by atoms with van der Waals surface area (Å²) >= 11 is 0. The maximum absolute atomic E-state index is 13.4. The van der Waals surface area contributed by atoms with Crippen LogP contribution < -0.4 is 10.5 Å². The van der Waals surface area contributed by atoms with E-state index in [-0.39, 0.29) is 18.3 Å². The lowest BCUT2D eigenvalue weighted by Gasteiger charge is -2.10. The summed E-state index contributed by atoms with van der Waals surface area (Å²) in [7, 11) is 1.52. The van der Waals surface area contributed by atoms with Gasteiger partial charge in [-0.3, -0.25) is 5.41 Å². The van der Waals surface area contributed by atoms with E-state index in [1.807, 2.05) is 6.07 Å². The fraction of sp³-hybridized carbons (Fsp3) is 0.188. The highest BCUT2D eigenvalue weighted by Gasteiger charge is 2.08. The van der Waals surface area contributed by atoms with Crippen LogP contribution in [0.1, 0.15) is 16.7 Å². The summed E-state index contributed by atoms with van der Waals surface area (Å²) in [5.41, 5.74) is 7.39. The van der Waals surface area contributed by atoms with Crippen LogP contribution in [0.4, 0.5) is 4.39 Å². The lowest BCUT2D eigenvalue weighted by atomic mass is 10.1. The van der Waals surface area contributed by atoms with Crippen LogP contribution in [0.5, 0.6) is 5.75 Å². The number of nitrogen functional groups attached to an aromatic ring is 1. The van der Waals surface area contributed by atoms with Crippen molar-refractivity contribution in [3.63, 3.8) is 0 Å². The van der Waals surface area contributed by atoms with Gasteiger partial charge >= 0.3 is 0 Å². The molecule has 4 nitrogen and oxygen atoms in total. The molecule has 0 aromatic heterocycles. The Bertz CT molecular complexity index is 644. The van der Waals surface area contributed by atoms with E-state index in [0.29, 0.717) is 23.5 Å². The fourth-order valence-corrected chi connectivity index (χ4v) is 1.95. The van der Waals surface area contributed by atoms with Crippen LogP contribution >= 0.6 is 0 Å². The Morgan fingerprint density at radius 2 is 1.95 bits per heavy atom. The quantitative estimate of drug-likeness (QED) is 0.634. The number of rotatable bonds is 6. The first-order valence-electron chi connectivity index (χ1n) is 6.44. The van der Waals surface area contributed by atoms with Crippen molar-refractivity contribution in [3.05, 3.63) is 65.0 Å². The molecule has 0 aliphatic rings. The second-order valence-corrected chi connectivity index (χ2v) is 4.53. The monoisotopic (exact) mass is 288 g/mol. The number of nitrogens with two attached hydrogens (primary N) is 1. The number of nitrogens with one attached hydrogen (secondary N) is 1. The Morgan fingerprint density at radius 1 is 1.19 bits per heavy atom. The molecule has 2 aromatic carbocycles. The number of hydrogen-bond donors (Lipinski definition) is 2. The van der Waals surface area contributed by atoms with E-state index in [0.717, 1.165) is 5.56 Å². The van der Waals surface area contributed by atoms with Gasteiger partial charge in [-0.15, -0.1) is 0 Å². The minimum atomic E-state index is -0.281. The highest BCUT2D eigenvalue weighted by Crippen LogP contribution is 2.20. The Kier molecular flexibility index (Phi) is 4.90. The van der Waals surface area contributed by atoms with Crippen LogP contribution in [0.2, 0.25) is 0 Å². The van der Waals surface area contributed by atoms with Gasteiger partial charge in [0, 0.05) is 5.56 Å². The number of halogens is 1. The topological polar surface area (TPSA) is 68.3 Å². The largest absolute Gasteiger partial charge is 0.496 e. The number of amidine groups is 1. The van der Waals surface area contributed by atoms with E-state index < -0.39 is 0 Å². The molecule has 0 fully saturated rings. The zero-order chi connectivity index (χ0) is 15.2. The van der Waals surface area contributed by atoms with Gasteiger partial charge in [0.15, 0.2) is 0 Å². The van der Waals surface area contributed by atoms with Crippen molar-refractivity contribution in [2.45, 2.75) is 13.2 Å². The molecule has 0 atom stereocenters. The lowest BCUT2D eigenvalue weighted by Crippen LogP contribution is -2.13. The molecule has 5 heteroatoms. The Balaban J connectivity index is 2.02. The number of hydrogen-bond acceptors (Lipinski definition) is 3. The Labute approximate surface area is 122 Å². The molecule has 0 saturated carbocycles. The van der Waals surface area contributed by atoms with Gasteiger partial charge < -0.3 is 15.2 Å². The third-order valence-electron chi connectivity index (χ3n) is 3.04. The molecule has 0 radical (unpaired) electrons. The van der Waals surface area contributed by atoms with Crippen LogP contribution in [0, 0.1) is 11.2 Å². The summed E-state index contributed by atoms with van der Waals surface area (Å²) < 4.78 is 24.1. The number of methoxy groups -OCH3 is 1. The van der Waals surface area contributed by atoms with Gasteiger partial charge in [0.1, 0.15) is 17.4 Å². The molecule has 3 N–H and O–H groups in total. The Morgan fingerprint density at radius 3 is 2.62 bits per heavy atom. The molecule has 0 spiro atoms. The van der Waals surface area contributed by atoms with Crippen LogP contribution in [0.15, 0.2) is 42.5 Å². The predicted octanol–water partition coefficient (Wildman–Crippen LogP) is 2.84. The first kappa shape index (κ1) is 15.0. The number of ether oxygens (including phenoxy) is 2. The fourth-order valence-electron chi connectivity index (χ4n) is 1.95. The van der Waals surface area contributed by atoms with Crippen molar-refractivity contribution >= 4 is 5.84 Å². The molecule has 2 rings (SSSR count). The second kappa shape index (κ2) is 6.85. The van der Waals surface area contributed by atoms with Gasteiger partial charge in [-0.05, 0) is 23.8 Å². The summed E-state index contributed by atoms with van der Waals surface area (Å²) in [4.78, 5) is 0. The van der Waals surface area contributed by atoms with Gasteiger partial charge in [-0.25, -0.2) is 4.39 Å². The van der Waals surface area contributed by atoms with E-state index in [1.54, 1.807) is 30.3 Å². The van der Waals surface area contributed by atoms with Gasteiger partial charge in [0.05, 0.1) is 25.9 Å². The SMILES string of the molecule is COc1ccc(COCc2ccccc2F)cc1C(=N)N. The maximum atomic E-state index is 13.4. The maximum Gasteiger partial charge on any atom is 0.129 e. The van der Waals surface area contributed by atoms with Crippen molar-refractivity contribution in [2.75, 3.05) is 7.11 Å². The van der Waals surface area contributed by atoms with E-state index in [2.05, 4.69) is 0 Å². The molecule has 2 aromatic rings. The van der Waals surface area contributed by atoms with Crippen LogP contribution in [0.25, 0.3) is 0 Å². The minimum absolute atomic E-state index is 0.0668. The Hall–Kier alpha value is -2.40. The summed E-state index contributed by atoms with van der Waals surface area (Å²) in [6.45, 7) is 0.493. The van der Waals surface area contributed by atoms with E-state index in [4.69, 9.17) is 20.6 Å². The molecule has 21 heavy (non-hydrogen) atoms. The zero-order valence-corrected chi connectivity index (χ0v) is 11.7. The normalized spacial score (nSPS) is 10.4. The van der Waals surface area contributed by atoms with Crippen LogP contribution in [-0.2, 0) is 18.0 Å².